The highest BCUT2D eigenvalue weighted by Crippen LogP contribution is 2.29. The maximum absolute atomic E-state index is 5.53. The van der Waals surface area contributed by atoms with Crippen LogP contribution in [-0.2, 0) is 25.8 Å². The van der Waals surface area contributed by atoms with Gasteiger partial charge in [0, 0.05) is 42.7 Å². The van der Waals surface area contributed by atoms with Gasteiger partial charge in [-0.1, -0.05) is 18.2 Å². The van der Waals surface area contributed by atoms with Crippen LogP contribution in [0.15, 0.2) is 66.9 Å². The molecule has 11 heteroatoms. The van der Waals surface area contributed by atoms with E-state index in [2.05, 4.69) is 15.3 Å². The fraction of sp³-hybridized carbons (Fsp3) is 0.281. The Morgan fingerprint density at radius 3 is 2.19 bits per heavy atom. The Labute approximate surface area is 250 Å². The van der Waals surface area contributed by atoms with Gasteiger partial charge in [0.15, 0.2) is 17.3 Å². The molecule has 0 amide bonds. The van der Waals surface area contributed by atoms with E-state index in [4.69, 9.17) is 34.0 Å². The van der Waals surface area contributed by atoms with Gasteiger partial charge in [0.25, 0.3) is 0 Å². The van der Waals surface area contributed by atoms with Gasteiger partial charge in [-0.15, -0.1) is 5.10 Å². The summed E-state index contributed by atoms with van der Waals surface area (Å²) in [5.41, 5.74) is 3.87. The first-order chi connectivity index (χ1) is 21.0. The van der Waals surface area contributed by atoms with E-state index < -0.39 is 0 Å². The van der Waals surface area contributed by atoms with Crippen molar-refractivity contribution in [3.8, 4) is 28.8 Å². The van der Waals surface area contributed by atoms with Crippen LogP contribution in [0.5, 0.6) is 23.0 Å². The summed E-state index contributed by atoms with van der Waals surface area (Å²) >= 11 is 0. The van der Waals surface area contributed by atoms with Gasteiger partial charge in [0.1, 0.15) is 23.1 Å². The molecule has 43 heavy (non-hydrogen) atoms. The second-order valence-electron chi connectivity index (χ2n) is 9.78. The zero-order valence-corrected chi connectivity index (χ0v) is 25.0. The second kappa shape index (κ2) is 13.6. The third kappa shape index (κ3) is 7.37. The number of pyridine rings is 1. The largest absolute Gasteiger partial charge is 0.497 e. The molecule has 0 unspecified atom stereocenters. The molecule has 3 heterocycles. The van der Waals surface area contributed by atoms with Crippen molar-refractivity contribution in [3.05, 3.63) is 101 Å². The van der Waals surface area contributed by atoms with Crippen molar-refractivity contribution in [3.63, 3.8) is 0 Å². The summed E-state index contributed by atoms with van der Waals surface area (Å²) in [4.78, 5) is 18.7. The fourth-order valence-corrected chi connectivity index (χ4v) is 4.64. The van der Waals surface area contributed by atoms with Gasteiger partial charge in [0.05, 0.1) is 28.4 Å². The molecule has 0 aliphatic carbocycles. The molecule has 1 N–H and O–H groups in total. The monoisotopic (exact) mass is 581 g/mol. The number of aryl methyl sites for hydroxylation is 3. The molecular formula is C32H35N7O4. The number of methoxy groups -OCH3 is 4. The second-order valence-corrected chi connectivity index (χ2v) is 9.78. The highest BCUT2D eigenvalue weighted by Gasteiger charge is 2.17. The minimum atomic E-state index is 0.490. The van der Waals surface area contributed by atoms with Crippen LogP contribution in [0.4, 0.5) is 5.95 Å². The van der Waals surface area contributed by atoms with Crippen LogP contribution < -0.4 is 24.3 Å². The Kier molecular flexibility index (Phi) is 9.30. The summed E-state index contributed by atoms with van der Waals surface area (Å²) in [6.07, 6.45) is 3.63. The average molecular weight is 582 g/mol. The number of aromatic nitrogens is 6. The van der Waals surface area contributed by atoms with Gasteiger partial charge in [-0.2, -0.15) is 9.67 Å². The van der Waals surface area contributed by atoms with Crippen LogP contribution in [0.1, 0.15) is 34.2 Å². The Morgan fingerprint density at radius 2 is 1.44 bits per heavy atom. The predicted molar refractivity (Wildman–Crippen MR) is 163 cm³/mol. The number of ether oxygens (including phenoxy) is 4. The first kappa shape index (κ1) is 29.3. The molecule has 0 spiro atoms. The van der Waals surface area contributed by atoms with E-state index in [0.29, 0.717) is 60.7 Å². The lowest BCUT2D eigenvalue weighted by Crippen LogP contribution is -2.10. The van der Waals surface area contributed by atoms with Crippen molar-refractivity contribution in [2.45, 2.75) is 32.7 Å². The molecule has 0 bridgehead atoms. The lowest BCUT2D eigenvalue weighted by atomic mass is 10.1. The van der Waals surface area contributed by atoms with Crippen LogP contribution in [0, 0.1) is 6.92 Å². The summed E-state index contributed by atoms with van der Waals surface area (Å²) in [6.45, 7) is 2.43. The van der Waals surface area contributed by atoms with Crippen LogP contribution in [0.25, 0.3) is 5.82 Å². The SMILES string of the molecule is COc1ccc(CNc2nc(Cc3ccc(OC)c(OC)c3)n(-c3cc(CCc4cc(OC)ccn4)nc(C)n3)n2)cc1. The number of nitrogens with one attached hydrogen (secondary N) is 1. The highest BCUT2D eigenvalue weighted by molar-refractivity contribution is 5.44. The number of benzene rings is 2. The lowest BCUT2D eigenvalue weighted by molar-refractivity contribution is 0.354. The number of hydrogen-bond donors (Lipinski definition) is 1. The molecule has 3 aromatic heterocycles. The van der Waals surface area contributed by atoms with Crippen molar-refractivity contribution >= 4 is 5.95 Å². The van der Waals surface area contributed by atoms with Crippen molar-refractivity contribution in [2.24, 2.45) is 0 Å². The van der Waals surface area contributed by atoms with E-state index in [0.717, 1.165) is 34.0 Å². The van der Waals surface area contributed by atoms with Gasteiger partial charge in [-0.05, 0) is 61.2 Å². The highest BCUT2D eigenvalue weighted by atomic mass is 16.5. The Balaban J connectivity index is 1.44. The molecule has 11 nitrogen and oxygen atoms in total. The quantitative estimate of drug-likeness (QED) is 0.208. The van der Waals surface area contributed by atoms with E-state index in [1.807, 2.05) is 67.6 Å². The van der Waals surface area contributed by atoms with Crippen molar-refractivity contribution in [1.82, 2.24) is 29.7 Å². The number of rotatable bonds is 13. The molecule has 222 valence electrons. The number of nitrogens with zero attached hydrogens (tertiary/aromatic N) is 6. The van der Waals surface area contributed by atoms with Gasteiger partial charge in [0.2, 0.25) is 5.95 Å². The first-order valence-electron chi connectivity index (χ1n) is 13.9. The molecule has 0 aliphatic rings. The zero-order valence-electron chi connectivity index (χ0n) is 25.0. The topological polar surface area (TPSA) is 118 Å². The Bertz CT molecular complexity index is 1670. The Hall–Kier alpha value is -5.19. The van der Waals surface area contributed by atoms with E-state index in [1.165, 1.54) is 0 Å². The van der Waals surface area contributed by atoms with Crippen LogP contribution in [0.3, 0.4) is 0 Å². The molecule has 0 radical (unpaired) electrons. The summed E-state index contributed by atoms with van der Waals surface area (Å²) in [5.74, 6) is 5.38. The maximum atomic E-state index is 5.53. The molecule has 0 aliphatic heterocycles. The smallest absolute Gasteiger partial charge is 0.243 e. The molecule has 0 saturated heterocycles. The standard InChI is InChI=1S/C32H35N7O4/c1-21-35-25(10-9-24-18-27(41-3)14-15-33-24)19-31(36-21)39-30(17-23-8-13-28(42-4)29(16-23)43-5)37-32(38-39)34-20-22-6-11-26(40-2)12-7-22/h6-8,11-16,18-19H,9-10,17,20H2,1-5H3,(H,34,38). The lowest BCUT2D eigenvalue weighted by Gasteiger charge is -2.11. The Morgan fingerprint density at radius 1 is 0.698 bits per heavy atom. The predicted octanol–water partition coefficient (Wildman–Crippen LogP) is 4.78. The molecule has 0 atom stereocenters. The molecule has 2 aromatic carbocycles. The van der Waals surface area contributed by atoms with Crippen molar-refractivity contribution in [2.75, 3.05) is 33.8 Å². The van der Waals surface area contributed by atoms with E-state index in [9.17, 15) is 0 Å². The molecular weight excluding hydrogens is 546 g/mol. The summed E-state index contributed by atoms with van der Waals surface area (Å²) < 4.78 is 23.3. The van der Waals surface area contributed by atoms with E-state index >= 15 is 0 Å². The summed E-state index contributed by atoms with van der Waals surface area (Å²) in [5, 5.41) is 8.17. The first-order valence-corrected chi connectivity index (χ1v) is 13.9. The van der Waals surface area contributed by atoms with Crippen LogP contribution in [-0.4, -0.2) is 58.2 Å². The van der Waals surface area contributed by atoms with Crippen molar-refractivity contribution in [1.29, 1.82) is 0 Å². The molecule has 5 aromatic rings. The van der Waals surface area contributed by atoms with E-state index in [-0.39, 0.29) is 0 Å². The van der Waals surface area contributed by atoms with Gasteiger partial charge < -0.3 is 24.3 Å². The fourth-order valence-electron chi connectivity index (χ4n) is 4.64. The number of anilines is 1. The van der Waals surface area contributed by atoms with Crippen molar-refractivity contribution < 1.29 is 18.9 Å². The summed E-state index contributed by atoms with van der Waals surface area (Å²) in [6, 6.07) is 19.4. The summed E-state index contributed by atoms with van der Waals surface area (Å²) in [7, 11) is 6.54. The van der Waals surface area contributed by atoms with E-state index in [1.54, 1.807) is 39.3 Å². The molecule has 5 rings (SSSR count). The zero-order chi connectivity index (χ0) is 30.2. The molecule has 0 saturated carbocycles. The maximum Gasteiger partial charge on any atom is 0.243 e. The van der Waals surface area contributed by atoms with Crippen LogP contribution >= 0.6 is 0 Å². The normalized spacial score (nSPS) is 10.8. The van der Waals surface area contributed by atoms with Gasteiger partial charge >= 0.3 is 0 Å². The third-order valence-corrected chi connectivity index (χ3v) is 6.85. The minimum absolute atomic E-state index is 0.490. The minimum Gasteiger partial charge on any atom is -0.497 e. The average Bonchev–Trinajstić information content (AvgIpc) is 3.45. The molecule has 0 fully saturated rings. The number of hydrogen-bond acceptors (Lipinski definition) is 10. The third-order valence-electron chi connectivity index (χ3n) is 6.85. The van der Waals surface area contributed by atoms with Gasteiger partial charge in [-0.3, -0.25) is 4.98 Å². The van der Waals surface area contributed by atoms with Gasteiger partial charge in [-0.25, -0.2) is 9.97 Å². The van der Waals surface area contributed by atoms with Crippen LogP contribution in [0.2, 0.25) is 0 Å².